The van der Waals surface area contributed by atoms with Crippen LogP contribution >= 0.6 is 0 Å². The highest BCUT2D eigenvalue weighted by Crippen LogP contribution is 2.07. The Balaban J connectivity index is 1.84. The van der Waals surface area contributed by atoms with Gasteiger partial charge < -0.3 is 10.3 Å². The lowest BCUT2D eigenvalue weighted by Gasteiger charge is -2.35. The summed E-state index contributed by atoms with van der Waals surface area (Å²) >= 11 is 0. The molecule has 0 saturated carbocycles. The molecule has 1 aliphatic heterocycles. The zero-order chi connectivity index (χ0) is 7.68. The van der Waals surface area contributed by atoms with Crippen LogP contribution in [0.15, 0.2) is 10.9 Å². The minimum absolute atomic E-state index is 0.335. The van der Waals surface area contributed by atoms with Gasteiger partial charge in [0.05, 0.1) is 6.54 Å². The molecular weight excluding hydrogens is 144 g/mol. The monoisotopic (exact) mass is 154 g/mol. The van der Waals surface area contributed by atoms with Crippen molar-refractivity contribution in [3.63, 3.8) is 0 Å². The molecule has 0 spiro atoms. The fourth-order valence-corrected chi connectivity index (χ4v) is 1.20. The van der Waals surface area contributed by atoms with Crippen molar-refractivity contribution in [1.82, 2.24) is 15.0 Å². The van der Waals surface area contributed by atoms with Crippen LogP contribution in [0, 0.1) is 0 Å². The molecule has 1 fully saturated rings. The molecule has 0 atom stereocenters. The van der Waals surface area contributed by atoms with Crippen molar-refractivity contribution in [3.8, 4) is 0 Å². The van der Waals surface area contributed by atoms with Gasteiger partial charge in [-0.3, -0.25) is 4.90 Å². The van der Waals surface area contributed by atoms with Gasteiger partial charge in [0.2, 0.25) is 6.39 Å². The van der Waals surface area contributed by atoms with Crippen LogP contribution in [0.2, 0.25) is 0 Å². The smallest absolute Gasteiger partial charge is 0.213 e. The van der Waals surface area contributed by atoms with Crippen LogP contribution < -0.4 is 5.73 Å². The lowest BCUT2D eigenvalue weighted by Crippen LogP contribution is -2.55. The van der Waals surface area contributed by atoms with Gasteiger partial charge in [0.15, 0.2) is 5.82 Å². The summed E-state index contributed by atoms with van der Waals surface area (Å²) in [5.74, 6) is 0.733. The van der Waals surface area contributed by atoms with E-state index in [9.17, 15) is 0 Å². The Morgan fingerprint density at radius 1 is 1.73 bits per heavy atom. The number of hydrogen-bond donors (Lipinski definition) is 1. The first-order valence-electron chi connectivity index (χ1n) is 3.58. The topological polar surface area (TPSA) is 68.2 Å². The van der Waals surface area contributed by atoms with E-state index in [1.54, 1.807) is 0 Å². The molecule has 0 unspecified atom stereocenters. The average molecular weight is 154 g/mol. The van der Waals surface area contributed by atoms with E-state index in [4.69, 9.17) is 5.73 Å². The average Bonchev–Trinajstić information content (AvgIpc) is 2.36. The molecule has 2 rings (SSSR count). The van der Waals surface area contributed by atoms with E-state index >= 15 is 0 Å². The quantitative estimate of drug-likeness (QED) is 0.604. The van der Waals surface area contributed by atoms with Gasteiger partial charge in [-0.1, -0.05) is 5.16 Å². The van der Waals surface area contributed by atoms with E-state index in [1.807, 2.05) is 0 Å². The molecule has 0 radical (unpaired) electrons. The maximum atomic E-state index is 5.59. The number of nitrogens with zero attached hydrogens (tertiary/aromatic N) is 3. The van der Waals surface area contributed by atoms with Crippen LogP contribution in [-0.4, -0.2) is 34.2 Å². The van der Waals surface area contributed by atoms with Gasteiger partial charge in [0.25, 0.3) is 0 Å². The van der Waals surface area contributed by atoms with Crippen LogP contribution in [-0.2, 0) is 6.54 Å². The van der Waals surface area contributed by atoms with Gasteiger partial charge in [-0.05, 0) is 0 Å². The first-order valence-corrected chi connectivity index (χ1v) is 3.58. The molecule has 2 N–H and O–H groups in total. The van der Waals surface area contributed by atoms with E-state index in [1.165, 1.54) is 6.39 Å². The summed E-state index contributed by atoms with van der Waals surface area (Å²) in [6.07, 6.45) is 1.34. The van der Waals surface area contributed by atoms with Gasteiger partial charge in [-0.25, -0.2) is 0 Å². The summed E-state index contributed by atoms with van der Waals surface area (Å²) in [4.78, 5) is 6.08. The molecule has 0 amide bonds. The van der Waals surface area contributed by atoms with Gasteiger partial charge in [-0.2, -0.15) is 4.98 Å². The van der Waals surface area contributed by atoms with Crippen LogP contribution in [0.3, 0.4) is 0 Å². The predicted molar refractivity (Wildman–Crippen MR) is 37.6 cm³/mol. The molecule has 0 aliphatic carbocycles. The molecule has 11 heavy (non-hydrogen) atoms. The van der Waals surface area contributed by atoms with Gasteiger partial charge in [0.1, 0.15) is 0 Å². The molecule has 5 heteroatoms. The fraction of sp³-hybridized carbons (Fsp3) is 0.667. The number of likely N-dealkylation sites (tertiary alicyclic amines) is 1. The second-order valence-corrected chi connectivity index (χ2v) is 2.80. The second-order valence-electron chi connectivity index (χ2n) is 2.80. The van der Waals surface area contributed by atoms with Crippen molar-refractivity contribution in [2.75, 3.05) is 13.1 Å². The van der Waals surface area contributed by atoms with E-state index < -0.39 is 0 Å². The fourth-order valence-electron chi connectivity index (χ4n) is 1.20. The van der Waals surface area contributed by atoms with Crippen molar-refractivity contribution in [1.29, 1.82) is 0 Å². The minimum Gasteiger partial charge on any atom is -0.343 e. The molecule has 5 nitrogen and oxygen atoms in total. The number of hydrogen-bond acceptors (Lipinski definition) is 5. The maximum absolute atomic E-state index is 5.59. The van der Waals surface area contributed by atoms with Crippen LogP contribution in [0.5, 0.6) is 0 Å². The summed E-state index contributed by atoms with van der Waals surface area (Å²) in [5, 5.41) is 3.69. The SMILES string of the molecule is NC1CN(Cc2ncon2)C1. The first-order chi connectivity index (χ1) is 5.34. The Morgan fingerprint density at radius 2 is 2.55 bits per heavy atom. The van der Waals surface area contributed by atoms with Crippen molar-refractivity contribution < 1.29 is 4.52 Å². The highest BCUT2D eigenvalue weighted by Gasteiger charge is 2.23. The molecule has 1 aliphatic rings. The predicted octanol–water partition coefficient (Wildman–Crippen LogP) is -0.788. The highest BCUT2D eigenvalue weighted by atomic mass is 16.5. The molecule has 0 bridgehead atoms. The van der Waals surface area contributed by atoms with Crippen molar-refractivity contribution in [2.45, 2.75) is 12.6 Å². The first kappa shape index (κ1) is 6.75. The third kappa shape index (κ3) is 1.38. The Hall–Kier alpha value is -0.940. The molecule has 60 valence electrons. The minimum atomic E-state index is 0.335. The Bertz CT molecular complexity index is 216. The summed E-state index contributed by atoms with van der Waals surface area (Å²) in [6.45, 7) is 2.63. The molecule has 1 aromatic heterocycles. The standard InChI is InChI=1S/C6H10N4O/c7-5-1-10(2-5)3-6-8-4-11-9-6/h4-5H,1-3,7H2. The van der Waals surface area contributed by atoms with E-state index in [0.29, 0.717) is 6.04 Å². The Kier molecular flexibility index (Phi) is 1.59. The van der Waals surface area contributed by atoms with Crippen molar-refractivity contribution >= 4 is 0 Å². The van der Waals surface area contributed by atoms with Crippen LogP contribution in [0.1, 0.15) is 5.82 Å². The summed E-state index contributed by atoms with van der Waals surface area (Å²) in [5.41, 5.74) is 5.59. The summed E-state index contributed by atoms with van der Waals surface area (Å²) in [6, 6.07) is 0.335. The van der Waals surface area contributed by atoms with Crippen molar-refractivity contribution in [2.24, 2.45) is 5.73 Å². The summed E-state index contributed by atoms with van der Waals surface area (Å²) < 4.78 is 4.59. The zero-order valence-electron chi connectivity index (χ0n) is 6.10. The zero-order valence-corrected chi connectivity index (χ0v) is 6.10. The van der Waals surface area contributed by atoms with Gasteiger partial charge in [0, 0.05) is 19.1 Å². The van der Waals surface area contributed by atoms with Gasteiger partial charge in [-0.15, -0.1) is 0 Å². The molecule has 1 aromatic rings. The third-order valence-corrected chi connectivity index (χ3v) is 1.76. The highest BCUT2D eigenvalue weighted by molar-refractivity contribution is 4.87. The van der Waals surface area contributed by atoms with E-state index in [2.05, 4.69) is 19.6 Å². The molecule has 0 aromatic carbocycles. The normalized spacial score (nSPS) is 20.1. The van der Waals surface area contributed by atoms with Gasteiger partial charge >= 0.3 is 0 Å². The van der Waals surface area contributed by atoms with E-state index in [-0.39, 0.29) is 0 Å². The summed E-state index contributed by atoms with van der Waals surface area (Å²) in [7, 11) is 0. The molecule has 1 saturated heterocycles. The Morgan fingerprint density at radius 3 is 3.09 bits per heavy atom. The van der Waals surface area contributed by atoms with Crippen LogP contribution in [0.4, 0.5) is 0 Å². The maximum Gasteiger partial charge on any atom is 0.213 e. The van der Waals surface area contributed by atoms with E-state index in [0.717, 1.165) is 25.5 Å². The molecular formula is C6H10N4O. The third-order valence-electron chi connectivity index (χ3n) is 1.76. The largest absolute Gasteiger partial charge is 0.343 e. The van der Waals surface area contributed by atoms with Crippen molar-refractivity contribution in [3.05, 3.63) is 12.2 Å². The number of aromatic nitrogens is 2. The number of nitrogens with two attached hydrogens (primary N) is 1. The van der Waals surface area contributed by atoms with Crippen LogP contribution in [0.25, 0.3) is 0 Å². The lowest BCUT2D eigenvalue weighted by molar-refractivity contribution is 0.137. The lowest BCUT2D eigenvalue weighted by atomic mass is 10.1. The molecule has 2 heterocycles. The second kappa shape index (κ2) is 2.60. The number of rotatable bonds is 2. The Labute approximate surface area is 64.2 Å².